The van der Waals surface area contributed by atoms with Crippen molar-refractivity contribution in [1.82, 2.24) is 9.78 Å². The molecule has 1 N–H and O–H groups in total. The van der Waals surface area contributed by atoms with E-state index in [0.717, 1.165) is 22.9 Å². The molecule has 0 fully saturated rings. The van der Waals surface area contributed by atoms with Crippen LogP contribution >= 0.6 is 11.6 Å². The summed E-state index contributed by atoms with van der Waals surface area (Å²) in [7, 11) is 0. The van der Waals surface area contributed by atoms with Crippen molar-refractivity contribution in [3.63, 3.8) is 0 Å². The third kappa shape index (κ3) is 3.26. The van der Waals surface area contributed by atoms with Gasteiger partial charge in [-0.05, 0) is 60.5 Å². The Morgan fingerprint density at radius 2 is 1.95 bits per heavy atom. The summed E-state index contributed by atoms with van der Waals surface area (Å²) in [6.07, 6.45) is 3.70. The highest BCUT2D eigenvalue weighted by Gasteiger charge is 2.00. The van der Waals surface area contributed by atoms with E-state index in [4.69, 9.17) is 11.6 Å². The molecule has 0 radical (unpaired) electrons. The van der Waals surface area contributed by atoms with Gasteiger partial charge < -0.3 is 5.32 Å². The van der Waals surface area contributed by atoms with E-state index in [1.54, 1.807) is 6.20 Å². The van der Waals surface area contributed by atoms with Gasteiger partial charge in [0, 0.05) is 29.6 Å². The lowest BCUT2D eigenvalue weighted by atomic mass is 10.1. The summed E-state index contributed by atoms with van der Waals surface area (Å²) < 4.78 is 1.84. The molecule has 3 rings (SSSR count). The largest absolute Gasteiger partial charge is 0.381 e. The summed E-state index contributed by atoms with van der Waals surface area (Å²) in [4.78, 5) is 0. The second-order valence-corrected chi connectivity index (χ2v) is 5.36. The third-order valence-electron chi connectivity index (χ3n) is 3.42. The van der Waals surface area contributed by atoms with E-state index < -0.39 is 0 Å². The summed E-state index contributed by atoms with van der Waals surface area (Å²) in [6, 6.07) is 16.1. The standard InChI is InChI=1S/C17H16ClN3/c1-13-11-15(18)4-3-14(13)12-19-16-5-7-17(8-6-16)21-10-2-9-20-21/h2-11,19H,12H2,1H3. The van der Waals surface area contributed by atoms with Crippen LogP contribution in [0.25, 0.3) is 5.69 Å². The van der Waals surface area contributed by atoms with Gasteiger partial charge in [-0.15, -0.1) is 0 Å². The van der Waals surface area contributed by atoms with Crippen LogP contribution in [0.1, 0.15) is 11.1 Å². The SMILES string of the molecule is Cc1cc(Cl)ccc1CNc1ccc(-n2cccn2)cc1. The second-order valence-electron chi connectivity index (χ2n) is 4.92. The fourth-order valence-corrected chi connectivity index (χ4v) is 2.44. The molecule has 0 amide bonds. The first-order valence-electron chi connectivity index (χ1n) is 6.81. The van der Waals surface area contributed by atoms with Gasteiger partial charge in [0.2, 0.25) is 0 Å². The Morgan fingerprint density at radius 1 is 1.14 bits per heavy atom. The number of hydrogen-bond donors (Lipinski definition) is 1. The van der Waals surface area contributed by atoms with Crippen LogP contribution < -0.4 is 5.32 Å². The van der Waals surface area contributed by atoms with Crippen LogP contribution in [0.4, 0.5) is 5.69 Å². The first kappa shape index (κ1) is 13.7. The maximum Gasteiger partial charge on any atom is 0.0647 e. The van der Waals surface area contributed by atoms with E-state index in [9.17, 15) is 0 Å². The van der Waals surface area contributed by atoms with Crippen molar-refractivity contribution in [2.45, 2.75) is 13.5 Å². The summed E-state index contributed by atoms with van der Waals surface area (Å²) >= 11 is 5.97. The molecule has 3 nitrogen and oxygen atoms in total. The van der Waals surface area contributed by atoms with E-state index in [1.807, 2.05) is 41.2 Å². The Bertz CT molecular complexity index is 718. The average molecular weight is 298 g/mol. The van der Waals surface area contributed by atoms with Crippen LogP contribution in [-0.2, 0) is 6.54 Å². The van der Waals surface area contributed by atoms with Crippen LogP contribution in [0.5, 0.6) is 0 Å². The molecule has 1 heterocycles. The molecular formula is C17H16ClN3. The van der Waals surface area contributed by atoms with Crippen LogP contribution in [0, 0.1) is 6.92 Å². The molecule has 0 unspecified atom stereocenters. The van der Waals surface area contributed by atoms with Crippen LogP contribution in [-0.4, -0.2) is 9.78 Å². The van der Waals surface area contributed by atoms with Crippen LogP contribution in [0.2, 0.25) is 5.02 Å². The van der Waals surface area contributed by atoms with E-state index in [1.165, 1.54) is 11.1 Å². The zero-order valence-corrected chi connectivity index (χ0v) is 12.5. The lowest BCUT2D eigenvalue weighted by Crippen LogP contribution is -2.01. The Kier molecular flexibility index (Phi) is 3.93. The molecule has 0 aliphatic carbocycles. The van der Waals surface area contributed by atoms with Crippen LogP contribution in [0.3, 0.4) is 0 Å². The smallest absolute Gasteiger partial charge is 0.0647 e. The Balaban J connectivity index is 1.68. The van der Waals surface area contributed by atoms with Crippen molar-refractivity contribution in [3.8, 4) is 5.69 Å². The van der Waals surface area contributed by atoms with E-state index in [2.05, 4.69) is 35.5 Å². The minimum atomic E-state index is 0.778. The van der Waals surface area contributed by atoms with Gasteiger partial charge in [-0.2, -0.15) is 5.10 Å². The van der Waals surface area contributed by atoms with Gasteiger partial charge in [-0.3, -0.25) is 0 Å². The normalized spacial score (nSPS) is 10.6. The fourth-order valence-electron chi connectivity index (χ4n) is 2.21. The van der Waals surface area contributed by atoms with E-state index in [-0.39, 0.29) is 0 Å². The summed E-state index contributed by atoms with van der Waals surface area (Å²) in [6.45, 7) is 2.85. The highest BCUT2D eigenvalue weighted by Crippen LogP contribution is 2.18. The van der Waals surface area contributed by atoms with Gasteiger partial charge in [0.05, 0.1) is 5.69 Å². The van der Waals surface area contributed by atoms with Crippen molar-refractivity contribution in [3.05, 3.63) is 77.1 Å². The molecule has 3 aromatic rings. The summed E-state index contributed by atoms with van der Waals surface area (Å²) in [5, 5.41) is 8.41. The summed E-state index contributed by atoms with van der Waals surface area (Å²) in [5.74, 6) is 0. The van der Waals surface area contributed by atoms with Crippen molar-refractivity contribution < 1.29 is 0 Å². The molecule has 0 saturated heterocycles. The molecular weight excluding hydrogens is 282 g/mol. The maximum atomic E-state index is 5.97. The number of anilines is 1. The number of halogens is 1. The maximum absolute atomic E-state index is 5.97. The Labute approximate surface area is 129 Å². The molecule has 0 saturated carbocycles. The molecule has 106 valence electrons. The zero-order valence-electron chi connectivity index (χ0n) is 11.8. The van der Waals surface area contributed by atoms with Crippen molar-refractivity contribution in [2.75, 3.05) is 5.32 Å². The third-order valence-corrected chi connectivity index (χ3v) is 3.66. The molecule has 0 aliphatic rings. The predicted octanol–water partition coefficient (Wildman–Crippen LogP) is 4.45. The number of nitrogens with one attached hydrogen (secondary N) is 1. The van der Waals surface area contributed by atoms with Crippen molar-refractivity contribution in [1.29, 1.82) is 0 Å². The first-order chi connectivity index (χ1) is 10.2. The molecule has 2 aromatic carbocycles. The van der Waals surface area contributed by atoms with Gasteiger partial charge in [0.1, 0.15) is 0 Å². The predicted molar refractivity (Wildman–Crippen MR) is 87.1 cm³/mol. The van der Waals surface area contributed by atoms with E-state index >= 15 is 0 Å². The second kappa shape index (κ2) is 6.02. The van der Waals surface area contributed by atoms with Crippen LogP contribution in [0.15, 0.2) is 60.9 Å². The first-order valence-corrected chi connectivity index (χ1v) is 7.19. The molecule has 0 atom stereocenters. The van der Waals surface area contributed by atoms with Gasteiger partial charge in [-0.25, -0.2) is 4.68 Å². The molecule has 0 spiro atoms. The molecule has 1 aromatic heterocycles. The highest BCUT2D eigenvalue weighted by molar-refractivity contribution is 6.30. The van der Waals surface area contributed by atoms with Gasteiger partial charge in [0.15, 0.2) is 0 Å². The number of benzene rings is 2. The quantitative estimate of drug-likeness (QED) is 0.771. The topological polar surface area (TPSA) is 29.9 Å². The Morgan fingerprint density at radius 3 is 2.62 bits per heavy atom. The molecule has 0 bridgehead atoms. The number of aromatic nitrogens is 2. The van der Waals surface area contributed by atoms with Gasteiger partial charge in [0.25, 0.3) is 0 Å². The molecule has 0 aliphatic heterocycles. The zero-order chi connectivity index (χ0) is 14.7. The number of rotatable bonds is 4. The average Bonchev–Trinajstić information content (AvgIpc) is 3.01. The fraction of sp³-hybridized carbons (Fsp3) is 0.118. The molecule has 4 heteroatoms. The number of aryl methyl sites for hydroxylation is 1. The van der Waals surface area contributed by atoms with E-state index in [0.29, 0.717) is 0 Å². The van der Waals surface area contributed by atoms with Crippen molar-refractivity contribution >= 4 is 17.3 Å². The lowest BCUT2D eigenvalue weighted by molar-refractivity contribution is 0.880. The minimum Gasteiger partial charge on any atom is -0.381 e. The minimum absolute atomic E-state index is 0.778. The van der Waals surface area contributed by atoms with Gasteiger partial charge >= 0.3 is 0 Å². The monoisotopic (exact) mass is 297 g/mol. The molecule has 21 heavy (non-hydrogen) atoms. The summed E-state index contributed by atoms with van der Waals surface area (Å²) in [5.41, 5.74) is 4.58. The number of hydrogen-bond acceptors (Lipinski definition) is 2. The lowest BCUT2D eigenvalue weighted by Gasteiger charge is -2.10. The van der Waals surface area contributed by atoms with Gasteiger partial charge in [-0.1, -0.05) is 17.7 Å². The highest BCUT2D eigenvalue weighted by atomic mass is 35.5. The van der Waals surface area contributed by atoms with Crippen molar-refractivity contribution in [2.24, 2.45) is 0 Å². The number of nitrogens with zero attached hydrogens (tertiary/aromatic N) is 2. The Hall–Kier alpha value is -2.26.